The van der Waals surface area contributed by atoms with Crippen LogP contribution in [0.25, 0.3) is 6.08 Å². The molecule has 30 heavy (non-hydrogen) atoms. The number of hydrogen-bond donors (Lipinski definition) is 1. The minimum absolute atomic E-state index is 0.157. The maximum absolute atomic E-state index is 13.7. The summed E-state index contributed by atoms with van der Waals surface area (Å²) in [5.74, 6) is 0.169. The van der Waals surface area contributed by atoms with E-state index in [-0.39, 0.29) is 18.3 Å². The van der Waals surface area contributed by atoms with Gasteiger partial charge in [-0.1, -0.05) is 48.0 Å². The molecule has 4 rings (SSSR count). The molecule has 1 N–H and O–H groups in total. The fraction of sp³-hybridized carbons (Fsp3) is 0.0833. The number of thioether (sulfide) groups is 1. The van der Waals surface area contributed by atoms with E-state index in [1.54, 1.807) is 36.4 Å². The number of ether oxygens (including phenoxy) is 1. The van der Waals surface area contributed by atoms with Gasteiger partial charge in [0.15, 0.2) is 5.17 Å². The van der Waals surface area contributed by atoms with Crippen molar-refractivity contribution in [2.24, 2.45) is 4.99 Å². The minimum atomic E-state index is -0.286. The van der Waals surface area contributed by atoms with Crippen LogP contribution in [0.3, 0.4) is 0 Å². The monoisotopic (exact) mass is 418 g/mol. The second-order valence-electron chi connectivity index (χ2n) is 6.77. The third kappa shape index (κ3) is 4.96. The molecule has 1 heterocycles. The molecule has 6 heteroatoms. The summed E-state index contributed by atoms with van der Waals surface area (Å²) in [6.45, 7) is 2.17. The van der Waals surface area contributed by atoms with E-state index < -0.39 is 0 Å². The summed E-state index contributed by atoms with van der Waals surface area (Å²) in [7, 11) is 0. The highest BCUT2D eigenvalue weighted by Gasteiger charge is 2.23. The van der Waals surface area contributed by atoms with E-state index >= 15 is 0 Å². The fourth-order valence-electron chi connectivity index (χ4n) is 2.81. The summed E-state index contributed by atoms with van der Waals surface area (Å²) < 4.78 is 19.3. The van der Waals surface area contributed by atoms with Gasteiger partial charge >= 0.3 is 0 Å². The fourth-order valence-corrected chi connectivity index (χ4v) is 3.65. The first-order valence-electron chi connectivity index (χ1n) is 9.39. The molecule has 1 aliphatic rings. The van der Waals surface area contributed by atoms with Gasteiger partial charge in [0.25, 0.3) is 5.91 Å². The van der Waals surface area contributed by atoms with Gasteiger partial charge in [-0.25, -0.2) is 9.38 Å². The summed E-state index contributed by atoms with van der Waals surface area (Å²) >= 11 is 1.30. The third-order valence-corrected chi connectivity index (χ3v) is 5.36. The largest absolute Gasteiger partial charge is 0.489 e. The number of halogens is 1. The smallest absolute Gasteiger partial charge is 0.264 e. The van der Waals surface area contributed by atoms with Crippen molar-refractivity contribution in [1.29, 1.82) is 0 Å². The van der Waals surface area contributed by atoms with Crippen LogP contribution in [0.15, 0.2) is 82.7 Å². The minimum Gasteiger partial charge on any atom is -0.489 e. The molecule has 4 nitrogen and oxygen atoms in total. The highest BCUT2D eigenvalue weighted by atomic mass is 32.2. The Bertz CT molecular complexity index is 1120. The van der Waals surface area contributed by atoms with Crippen LogP contribution in [0.1, 0.15) is 16.7 Å². The van der Waals surface area contributed by atoms with Gasteiger partial charge in [0.05, 0.1) is 10.6 Å². The van der Waals surface area contributed by atoms with Gasteiger partial charge in [0.1, 0.15) is 18.2 Å². The Balaban J connectivity index is 1.41. The Morgan fingerprint density at radius 2 is 1.77 bits per heavy atom. The van der Waals surface area contributed by atoms with Crippen LogP contribution < -0.4 is 10.1 Å². The molecule has 0 atom stereocenters. The topological polar surface area (TPSA) is 50.7 Å². The van der Waals surface area contributed by atoms with Crippen molar-refractivity contribution >= 4 is 34.6 Å². The molecule has 3 aromatic rings. The first kappa shape index (κ1) is 19.9. The number of amides is 1. The maximum Gasteiger partial charge on any atom is 0.264 e. The molecule has 1 saturated heterocycles. The molecule has 1 amide bonds. The molecule has 3 aromatic carbocycles. The maximum atomic E-state index is 13.7. The molecule has 0 bridgehead atoms. The number of aryl methyl sites for hydroxylation is 1. The first-order chi connectivity index (χ1) is 14.6. The summed E-state index contributed by atoms with van der Waals surface area (Å²) in [6.07, 6.45) is 1.80. The summed E-state index contributed by atoms with van der Waals surface area (Å²) in [5, 5.41) is 3.34. The van der Waals surface area contributed by atoms with Gasteiger partial charge in [0, 0.05) is 5.56 Å². The molecular formula is C24H19FN2O2S. The van der Waals surface area contributed by atoms with Crippen molar-refractivity contribution in [3.8, 4) is 5.75 Å². The van der Waals surface area contributed by atoms with E-state index in [1.165, 1.54) is 17.8 Å². The Morgan fingerprint density at radius 3 is 2.50 bits per heavy atom. The number of carbonyl (C=O) groups is 1. The highest BCUT2D eigenvalue weighted by molar-refractivity contribution is 8.18. The molecule has 0 aliphatic carbocycles. The molecule has 0 spiro atoms. The SMILES string of the molecule is Cc1ccc(N=C2NC(=O)C(=Cc3ccc(OCc4ccccc4F)cc3)S2)cc1. The summed E-state index contributed by atoms with van der Waals surface area (Å²) in [5.41, 5.74) is 3.32. The average Bonchev–Trinajstić information content (AvgIpc) is 3.09. The molecule has 0 radical (unpaired) electrons. The van der Waals surface area contributed by atoms with Crippen molar-refractivity contribution in [2.75, 3.05) is 0 Å². The van der Waals surface area contributed by atoms with E-state index in [9.17, 15) is 9.18 Å². The van der Waals surface area contributed by atoms with E-state index in [0.29, 0.717) is 21.4 Å². The molecule has 0 saturated carbocycles. The van der Waals surface area contributed by atoms with Crippen LogP contribution in [-0.2, 0) is 11.4 Å². The second kappa shape index (κ2) is 8.97. The Hall–Kier alpha value is -3.38. The molecule has 0 unspecified atom stereocenters. The lowest BCUT2D eigenvalue weighted by Crippen LogP contribution is -2.19. The lowest BCUT2D eigenvalue weighted by atomic mass is 10.2. The second-order valence-corrected chi connectivity index (χ2v) is 7.80. The number of carbonyl (C=O) groups excluding carboxylic acids is 1. The standard InChI is InChI=1S/C24H19FN2O2S/c1-16-6-10-19(11-7-16)26-24-27-23(28)22(30-24)14-17-8-12-20(13-9-17)29-15-18-4-2-3-5-21(18)25/h2-14H,15H2,1H3,(H,26,27,28). The Morgan fingerprint density at radius 1 is 1.03 bits per heavy atom. The number of amidine groups is 1. The predicted molar refractivity (Wildman–Crippen MR) is 119 cm³/mol. The van der Waals surface area contributed by atoms with Gasteiger partial charge < -0.3 is 10.1 Å². The molecule has 1 fully saturated rings. The van der Waals surface area contributed by atoms with Crippen molar-refractivity contribution in [1.82, 2.24) is 5.32 Å². The van der Waals surface area contributed by atoms with E-state index in [0.717, 1.165) is 16.8 Å². The number of nitrogens with zero attached hydrogens (tertiary/aromatic N) is 1. The van der Waals surface area contributed by atoms with Crippen molar-refractivity contribution in [3.63, 3.8) is 0 Å². The lowest BCUT2D eigenvalue weighted by molar-refractivity contribution is -0.115. The average molecular weight is 418 g/mol. The summed E-state index contributed by atoms with van der Waals surface area (Å²) in [4.78, 5) is 17.3. The number of aliphatic imine (C=N–C) groups is 1. The Kier molecular flexibility index (Phi) is 5.95. The zero-order valence-corrected chi connectivity index (χ0v) is 17.1. The molecule has 0 aromatic heterocycles. The van der Waals surface area contributed by atoms with E-state index in [2.05, 4.69) is 10.3 Å². The zero-order valence-electron chi connectivity index (χ0n) is 16.3. The predicted octanol–water partition coefficient (Wildman–Crippen LogP) is 5.60. The van der Waals surface area contributed by atoms with Gasteiger partial charge in [-0.2, -0.15) is 0 Å². The van der Waals surface area contributed by atoms with Crippen LogP contribution in [0, 0.1) is 12.7 Å². The van der Waals surface area contributed by atoms with E-state index in [1.807, 2.05) is 43.3 Å². The van der Waals surface area contributed by atoms with Crippen molar-refractivity contribution in [3.05, 3.63) is 100 Å². The number of rotatable bonds is 5. The van der Waals surface area contributed by atoms with Crippen LogP contribution >= 0.6 is 11.8 Å². The number of hydrogen-bond acceptors (Lipinski definition) is 4. The van der Waals surface area contributed by atoms with Gasteiger partial charge in [-0.3, -0.25) is 4.79 Å². The normalized spacial score (nSPS) is 16.1. The van der Waals surface area contributed by atoms with Crippen LogP contribution in [0.2, 0.25) is 0 Å². The first-order valence-corrected chi connectivity index (χ1v) is 10.2. The molecule has 150 valence electrons. The quantitative estimate of drug-likeness (QED) is 0.549. The van der Waals surface area contributed by atoms with Gasteiger partial charge in [-0.05, 0) is 60.7 Å². The highest BCUT2D eigenvalue weighted by Crippen LogP contribution is 2.28. The molecular weight excluding hydrogens is 399 g/mol. The zero-order chi connectivity index (χ0) is 20.9. The lowest BCUT2D eigenvalue weighted by Gasteiger charge is -2.07. The van der Waals surface area contributed by atoms with Gasteiger partial charge in [0.2, 0.25) is 0 Å². The summed E-state index contributed by atoms with van der Waals surface area (Å²) in [6, 6.07) is 21.6. The van der Waals surface area contributed by atoms with Crippen LogP contribution in [-0.4, -0.2) is 11.1 Å². The van der Waals surface area contributed by atoms with Crippen LogP contribution in [0.5, 0.6) is 5.75 Å². The third-order valence-electron chi connectivity index (χ3n) is 4.45. The number of benzene rings is 3. The van der Waals surface area contributed by atoms with Crippen LogP contribution in [0.4, 0.5) is 10.1 Å². The Labute approximate surface area is 178 Å². The van der Waals surface area contributed by atoms with Crippen molar-refractivity contribution in [2.45, 2.75) is 13.5 Å². The van der Waals surface area contributed by atoms with Gasteiger partial charge in [-0.15, -0.1) is 0 Å². The number of nitrogens with one attached hydrogen (secondary N) is 1. The van der Waals surface area contributed by atoms with E-state index in [4.69, 9.17) is 4.74 Å². The molecule has 1 aliphatic heterocycles. The van der Waals surface area contributed by atoms with Crippen molar-refractivity contribution < 1.29 is 13.9 Å².